The minimum Gasteiger partial charge on any atom is -0.497 e. The molecule has 0 N–H and O–H groups in total. The third-order valence-corrected chi connectivity index (χ3v) is 3.10. The van der Waals surface area contributed by atoms with Crippen LogP contribution in [-0.2, 0) is 21.0 Å². The Hall–Kier alpha value is -3.33. The van der Waals surface area contributed by atoms with E-state index in [1.807, 2.05) is 18.2 Å². The summed E-state index contributed by atoms with van der Waals surface area (Å²) in [6.45, 7) is -0.282. The van der Waals surface area contributed by atoms with Crippen LogP contribution in [0, 0.1) is 11.3 Å². The number of hydrogen-bond donors (Lipinski definition) is 0. The highest BCUT2D eigenvalue weighted by atomic mass is 16.6. The lowest BCUT2D eigenvalue weighted by Crippen LogP contribution is -2.11. The van der Waals surface area contributed by atoms with E-state index in [1.54, 1.807) is 43.5 Å². The maximum atomic E-state index is 11.6. The van der Waals surface area contributed by atoms with E-state index in [1.165, 1.54) is 6.21 Å². The first kappa shape index (κ1) is 17.0. The molecule has 0 saturated heterocycles. The lowest BCUT2D eigenvalue weighted by atomic mass is 10.1. The SMILES string of the molecule is COc1ccc(/C=N\OCC(=O)OCc2ccccc2C#N)cc1. The van der Waals surface area contributed by atoms with Gasteiger partial charge in [0.2, 0.25) is 6.61 Å². The summed E-state index contributed by atoms with van der Waals surface area (Å²) >= 11 is 0. The molecule has 2 rings (SSSR count). The van der Waals surface area contributed by atoms with E-state index >= 15 is 0 Å². The van der Waals surface area contributed by atoms with Gasteiger partial charge in [0.25, 0.3) is 0 Å². The molecule has 2 aromatic carbocycles. The van der Waals surface area contributed by atoms with Crippen molar-refractivity contribution in [2.45, 2.75) is 6.61 Å². The highest BCUT2D eigenvalue weighted by Gasteiger charge is 2.06. The molecule has 2 aromatic rings. The molecule has 0 aliphatic carbocycles. The normalized spacial score (nSPS) is 10.2. The summed E-state index contributed by atoms with van der Waals surface area (Å²) in [7, 11) is 1.59. The number of methoxy groups -OCH3 is 1. The van der Waals surface area contributed by atoms with E-state index in [0.717, 1.165) is 11.3 Å². The van der Waals surface area contributed by atoms with Crippen LogP contribution in [0.3, 0.4) is 0 Å². The van der Waals surface area contributed by atoms with E-state index in [-0.39, 0.29) is 13.2 Å². The maximum absolute atomic E-state index is 11.6. The molecule has 0 aliphatic rings. The van der Waals surface area contributed by atoms with Crippen LogP contribution in [0.2, 0.25) is 0 Å². The fourth-order valence-corrected chi connectivity index (χ4v) is 1.83. The summed E-state index contributed by atoms with van der Waals surface area (Å²) < 4.78 is 10.1. The molecule has 0 unspecified atom stereocenters. The molecule has 0 amide bonds. The van der Waals surface area contributed by atoms with Gasteiger partial charge in [-0.15, -0.1) is 0 Å². The first-order valence-corrected chi connectivity index (χ1v) is 7.16. The molecule has 122 valence electrons. The molecular weight excluding hydrogens is 308 g/mol. The number of esters is 1. The summed E-state index contributed by atoms with van der Waals surface area (Å²) in [6, 6.07) is 16.2. The van der Waals surface area contributed by atoms with Crippen molar-refractivity contribution in [2.75, 3.05) is 13.7 Å². The Labute approximate surface area is 139 Å². The summed E-state index contributed by atoms with van der Waals surface area (Å²) in [5.41, 5.74) is 1.94. The molecule has 0 fully saturated rings. The zero-order chi connectivity index (χ0) is 17.2. The third-order valence-electron chi connectivity index (χ3n) is 3.10. The lowest BCUT2D eigenvalue weighted by molar-refractivity contribution is -0.150. The van der Waals surface area contributed by atoms with Crippen LogP contribution in [0.4, 0.5) is 0 Å². The van der Waals surface area contributed by atoms with Gasteiger partial charge in [-0.25, -0.2) is 4.79 Å². The Balaban J connectivity index is 1.75. The second kappa shape index (κ2) is 8.96. The highest BCUT2D eigenvalue weighted by Crippen LogP contribution is 2.10. The topological polar surface area (TPSA) is 80.9 Å². The Bertz CT molecular complexity index is 748. The summed E-state index contributed by atoms with van der Waals surface area (Å²) in [4.78, 5) is 16.5. The molecule has 0 saturated carbocycles. The van der Waals surface area contributed by atoms with Crippen LogP contribution in [0.25, 0.3) is 0 Å². The number of nitriles is 1. The van der Waals surface area contributed by atoms with Crippen molar-refractivity contribution in [3.05, 3.63) is 65.2 Å². The van der Waals surface area contributed by atoms with Gasteiger partial charge in [-0.3, -0.25) is 0 Å². The first-order valence-electron chi connectivity index (χ1n) is 7.16. The number of benzene rings is 2. The number of oxime groups is 1. The van der Waals surface area contributed by atoms with Crippen LogP contribution in [0.1, 0.15) is 16.7 Å². The van der Waals surface area contributed by atoms with Crippen molar-refractivity contribution >= 4 is 12.2 Å². The Kier molecular flexibility index (Phi) is 6.35. The molecule has 0 spiro atoms. The van der Waals surface area contributed by atoms with E-state index < -0.39 is 5.97 Å². The smallest absolute Gasteiger partial charge is 0.347 e. The molecule has 6 nitrogen and oxygen atoms in total. The van der Waals surface area contributed by atoms with Gasteiger partial charge in [-0.05, 0) is 35.9 Å². The van der Waals surface area contributed by atoms with Gasteiger partial charge in [0.05, 0.1) is 25.0 Å². The van der Waals surface area contributed by atoms with Crippen molar-refractivity contribution < 1.29 is 19.1 Å². The predicted molar refractivity (Wildman–Crippen MR) is 87.5 cm³/mol. The lowest BCUT2D eigenvalue weighted by Gasteiger charge is -2.05. The third kappa shape index (κ3) is 5.14. The summed E-state index contributed by atoms with van der Waals surface area (Å²) in [6.07, 6.45) is 1.48. The number of hydrogen-bond acceptors (Lipinski definition) is 6. The van der Waals surface area contributed by atoms with Gasteiger partial charge in [0.15, 0.2) is 0 Å². The molecule has 0 bridgehead atoms. The number of carbonyl (C=O) groups excluding carboxylic acids is 1. The van der Waals surface area contributed by atoms with Gasteiger partial charge < -0.3 is 14.3 Å². The van der Waals surface area contributed by atoms with E-state index in [4.69, 9.17) is 19.6 Å². The largest absolute Gasteiger partial charge is 0.497 e. The molecule has 6 heteroatoms. The molecule has 0 atom stereocenters. The van der Waals surface area contributed by atoms with Gasteiger partial charge in [-0.2, -0.15) is 5.26 Å². The fourth-order valence-electron chi connectivity index (χ4n) is 1.83. The standard InChI is InChI=1S/C18H16N2O4/c1-22-17-8-6-14(7-9-17)11-20-24-13-18(21)23-12-16-5-3-2-4-15(16)10-19/h2-9,11H,12-13H2,1H3/b20-11-. The monoisotopic (exact) mass is 324 g/mol. The first-order chi connectivity index (χ1) is 11.7. The summed E-state index contributed by atoms with van der Waals surface area (Å²) in [5.74, 6) is 0.184. The van der Waals surface area contributed by atoms with Gasteiger partial charge in [0.1, 0.15) is 12.4 Å². The minimum atomic E-state index is -0.561. The van der Waals surface area contributed by atoms with Crippen LogP contribution in [-0.4, -0.2) is 25.9 Å². The molecular formula is C18H16N2O4. The van der Waals surface area contributed by atoms with Crippen LogP contribution >= 0.6 is 0 Å². The van der Waals surface area contributed by atoms with E-state index in [9.17, 15) is 4.79 Å². The van der Waals surface area contributed by atoms with Gasteiger partial charge >= 0.3 is 5.97 Å². The zero-order valence-electron chi connectivity index (χ0n) is 13.1. The number of ether oxygens (including phenoxy) is 2. The van der Waals surface area contributed by atoms with Crippen molar-refractivity contribution in [3.63, 3.8) is 0 Å². The van der Waals surface area contributed by atoms with E-state index in [0.29, 0.717) is 11.1 Å². The predicted octanol–water partition coefficient (Wildman–Crippen LogP) is 2.66. The van der Waals surface area contributed by atoms with E-state index in [2.05, 4.69) is 5.16 Å². The fraction of sp³-hybridized carbons (Fsp3) is 0.167. The molecule has 0 aromatic heterocycles. The molecule has 0 heterocycles. The average Bonchev–Trinajstić information content (AvgIpc) is 2.64. The number of carbonyl (C=O) groups is 1. The van der Waals surface area contributed by atoms with Crippen molar-refractivity contribution in [1.82, 2.24) is 0 Å². The van der Waals surface area contributed by atoms with Crippen molar-refractivity contribution in [1.29, 1.82) is 5.26 Å². The quantitative estimate of drug-likeness (QED) is 0.444. The minimum absolute atomic E-state index is 0.0219. The number of nitrogens with zero attached hydrogens (tertiary/aromatic N) is 2. The zero-order valence-corrected chi connectivity index (χ0v) is 13.1. The van der Waals surface area contributed by atoms with Crippen LogP contribution < -0.4 is 4.74 Å². The highest BCUT2D eigenvalue weighted by molar-refractivity contribution is 5.79. The van der Waals surface area contributed by atoms with Crippen LogP contribution in [0.5, 0.6) is 5.75 Å². The average molecular weight is 324 g/mol. The Morgan fingerprint density at radius 1 is 1.21 bits per heavy atom. The Morgan fingerprint density at radius 2 is 1.96 bits per heavy atom. The van der Waals surface area contributed by atoms with Gasteiger partial charge in [-0.1, -0.05) is 23.4 Å². The molecule has 0 radical (unpaired) electrons. The second-order valence-corrected chi connectivity index (χ2v) is 4.71. The van der Waals surface area contributed by atoms with Crippen LogP contribution in [0.15, 0.2) is 53.7 Å². The molecule has 24 heavy (non-hydrogen) atoms. The van der Waals surface area contributed by atoms with Crippen molar-refractivity contribution in [3.8, 4) is 11.8 Å². The Morgan fingerprint density at radius 3 is 2.67 bits per heavy atom. The number of rotatable bonds is 7. The second-order valence-electron chi connectivity index (χ2n) is 4.71. The maximum Gasteiger partial charge on any atom is 0.347 e. The molecule has 0 aliphatic heterocycles. The summed E-state index contributed by atoms with van der Waals surface area (Å²) in [5, 5.41) is 12.7. The van der Waals surface area contributed by atoms with Gasteiger partial charge in [0, 0.05) is 5.56 Å². The van der Waals surface area contributed by atoms with Crippen molar-refractivity contribution in [2.24, 2.45) is 5.16 Å².